The molecule has 0 fully saturated rings. The maximum absolute atomic E-state index is 10.9. The summed E-state index contributed by atoms with van der Waals surface area (Å²) in [5, 5.41) is 21.7. The van der Waals surface area contributed by atoms with Crippen LogP contribution in [-0.2, 0) is 5.41 Å². The number of benzene rings is 2. The van der Waals surface area contributed by atoms with E-state index in [9.17, 15) is 10.2 Å². The highest BCUT2D eigenvalue weighted by Crippen LogP contribution is 2.44. The summed E-state index contributed by atoms with van der Waals surface area (Å²) in [6.07, 6.45) is 7.69. The van der Waals surface area contributed by atoms with Crippen LogP contribution in [0.15, 0.2) is 36.4 Å². The van der Waals surface area contributed by atoms with Crippen LogP contribution in [0.5, 0.6) is 11.5 Å². The van der Waals surface area contributed by atoms with Gasteiger partial charge in [0, 0.05) is 27.7 Å². The molecule has 2 aromatic rings. The molecule has 0 bridgehead atoms. The van der Waals surface area contributed by atoms with Gasteiger partial charge in [0.1, 0.15) is 11.5 Å². The summed E-state index contributed by atoms with van der Waals surface area (Å²) in [7, 11) is 0. The second-order valence-corrected chi connectivity index (χ2v) is 7.01. The van der Waals surface area contributed by atoms with Crippen LogP contribution in [-0.4, -0.2) is 10.2 Å². The molecule has 0 aliphatic carbocycles. The molecule has 2 aromatic carbocycles. The molecule has 0 aromatic heterocycles. The molecule has 0 spiro atoms. The number of hydrogen-bond acceptors (Lipinski definition) is 2. The van der Waals surface area contributed by atoms with Crippen molar-refractivity contribution in [3.8, 4) is 11.5 Å². The molecule has 132 valence electrons. The van der Waals surface area contributed by atoms with Crippen LogP contribution in [0.3, 0.4) is 0 Å². The molecule has 0 aliphatic heterocycles. The summed E-state index contributed by atoms with van der Waals surface area (Å²) >= 11 is 0. The molecule has 0 radical (unpaired) electrons. The van der Waals surface area contributed by atoms with Crippen molar-refractivity contribution in [1.29, 1.82) is 0 Å². The van der Waals surface area contributed by atoms with E-state index in [1.54, 1.807) is 0 Å². The van der Waals surface area contributed by atoms with E-state index in [0.29, 0.717) is 0 Å². The van der Waals surface area contributed by atoms with E-state index < -0.39 is 5.41 Å². The molecular formula is C23H28O2. The molecule has 0 amide bonds. The lowest BCUT2D eigenvalue weighted by molar-refractivity contribution is 0.434. The number of aryl methyl sites for hydroxylation is 2. The molecule has 0 unspecified atom stereocenters. The van der Waals surface area contributed by atoms with Crippen LogP contribution in [0.2, 0.25) is 0 Å². The van der Waals surface area contributed by atoms with E-state index in [2.05, 4.69) is 0 Å². The minimum atomic E-state index is -0.539. The molecule has 2 heteroatoms. The predicted octanol–water partition coefficient (Wildman–Crippen LogP) is 6.11. The van der Waals surface area contributed by atoms with Crippen molar-refractivity contribution >= 4 is 12.2 Å². The summed E-state index contributed by atoms with van der Waals surface area (Å²) < 4.78 is 0. The minimum absolute atomic E-state index is 0.274. The van der Waals surface area contributed by atoms with E-state index >= 15 is 0 Å². The van der Waals surface area contributed by atoms with Gasteiger partial charge in [-0.2, -0.15) is 0 Å². The van der Waals surface area contributed by atoms with Gasteiger partial charge >= 0.3 is 0 Å². The number of hydrogen-bond donors (Lipinski definition) is 2. The Kier molecular flexibility index (Phi) is 5.42. The SMILES string of the molecule is CC=Cc1c(C)ccc(C(C)(C)c2ccc(C)c(C=CC)c2O)c1O. The molecule has 2 nitrogen and oxygen atoms in total. The van der Waals surface area contributed by atoms with Crippen LogP contribution < -0.4 is 0 Å². The fraction of sp³-hybridized carbons (Fsp3) is 0.304. The zero-order valence-electron chi connectivity index (χ0n) is 16.0. The van der Waals surface area contributed by atoms with E-state index in [1.807, 2.05) is 90.1 Å². The maximum Gasteiger partial charge on any atom is 0.127 e. The van der Waals surface area contributed by atoms with Crippen LogP contribution in [0.4, 0.5) is 0 Å². The summed E-state index contributed by atoms with van der Waals surface area (Å²) in [4.78, 5) is 0. The molecule has 2 rings (SSSR count). The Bertz CT molecular complexity index is 770. The Labute approximate surface area is 151 Å². The fourth-order valence-corrected chi connectivity index (χ4v) is 3.33. The van der Waals surface area contributed by atoms with Gasteiger partial charge in [0.05, 0.1) is 0 Å². The highest BCUT2D eigenvalue weighted by atomic mass is 16.3. The van der Waals surface area contributed by atoms with Crippen molar-refractivity contribution in [3.63, 3.8) is 0 Å². The van der Waals surface area contributed by atoms with Crippen molar-refractivity contribution in [2.75, 3.05) is 0 Å². The van der Waals surface area contributed by atoms with Crippen molar-refractivity contribution in [3.05, 3.63) is 69.8 Å². The Balaban J connectivity index is 2.72. The second-order valence-electron chi connectivity index (χ2n) is 7.01. The first-order valence-corrected chi connectivity index (χ1v) is 8.67. The van der Waals surface area contributed by atoms with Crippen LogP contribution >= 0.6 is 0 Å². The first kappa shape index (κ1) is 18.9. The number of phenolic OH excluding ortho intramolecular Hbond substituents is 2. The van der Waals surface area contributed by atoms with Gasteiger partial charge in [0.15, 0.2) is 0 Å². The van der Waals surface area contributed by atoms with E-state index in [1.165, 1.54) is 0 Å². The standard InChI is InChI=1S/C23H28O2/c1-7-9-17-15(3)11-13-19(21(17)24)23(5,6)20-14-12-16(4)18(10-8-2)22(20)25/h7-14,24-25H,1-6H3. The van der Waals surface area contributed by atoms with Gasteiger partial charge in [-0.3, -0.25) is 0 Å². The van der Waals surface area contributed by atoms with Crippen LogP contribution in [0.1, 0.15) is 61.1 Å². The van der Waals surface area contributed by atoms with Crippen molar-refractivity contribution in [2.45, 2.75) is 47.0 Å². The normalized spacial score (nSPS) is 12.4. The average molecular weight is 336 g/mol. The lowest BCUT2D eigenvalue weighted by Gasteiger charge is -2.29. The molecular weight excluding hydrogens is 308 g/mol. The smallest absolute Gasteiger partial charge is 0.127 e. The highest BCUT2D eigenvalue weighted by molar-refractivity contribution is 5.68. The summed E-state index contributed by atoms with van der Waals surface area (Å²) in [6.45, 7) is 11.9. The third kappa shape index (κ3) is 3.34. The van der Waals surface area contributed by atoms with Gasteiger partial charge in [0.2, 0.25) is 0 Å². The summed E-state index contributed by atoms with van der Waals surface area (Å²) in [6, 6.07) is 7.94. The highest BCUT2D eigenvalue weighted by Gasteiger charge is 2.31. The fourth-order valence-electron chi connectivity index (χ4n) is 3.33. The lowest BCUT2D eigenvalue weighted by atomic mass is 9.75. The number of allylic oxidation sites excluding steroid dienone is 2. The van der Waals surface area contributed by atoms with E-state index in [-0.39, 0.29) is 11.5 Å². The van der Waals surface area contributed by atoms with Gasteiger partial charge < -0.3 is 10.2 Å². The molecule has 0 aliphatic rings. The Hall–Kier alpha value is -2.48. The van der Waals surface area contributed by atoms with Gasteiger partial charge in [0.25, 0.3) is 0 Å². The van der Waals surface area contributed by atoms with Crippen LogP contribution in [0, 0.1) is 13.8 Å². The molecule has 0 saturated heterocycles. The molecule has 0 saturated carbocycles. The Morgan fingerprint density at radius 1 is 0.720 bits per heavy atom. The first-order chi connectivity index (χ1) is 11.8. The second kappa shape index (κ2) is 7.18. The largest absolute Gasteiger partial charge is 0.507 e. The Morgan fingerprint density at radius 2 is 1.08 bits per heavy atom. The van der Waals surface area contributed by atoms with Gasteiger partial charge in [-0.05, 0) is 38.8 Å². The topological polar surface area (TPSA) is 40.5 Å². The van der Waals surface area contributed by atoms with Gasteiger partial charge in [-0.1, -0.05) is 62.4 Å². The Morgan fingerprint density at radius 3 is 1.40 bits per heavy atom. The summed E-state index contributed by atoms with van der Waals surface area (Å²) in [5.74, 6) is 0.548. The van der Waals surface area contributed by atoms with Crippen molar-refractivity contribution in [1.82, 2.24) is 0 Å². The zero-order chi connectivity index (χ0) is 18.8. The van der Waals surface area contributed by atoms with Gasteiger partial charge in [-0.25, -0.2) is 0 Å². The van der Waals surface area contributed by atoms with Crippen LogP contribution in [0.25, 0.3) is 12.2 Å². The molecule has 25 heavy (non-hydrogen) atoms. The first-order valence-electron chi connectivity index (χ1n) is 8.67. The van der Waals surface area contributed by atoms with Crippen molar-refractivity contribution < 1.29 is 10.2 Å². The number of phenols is 2. The maximum atomic E-state index is 10.9. The molecule has 0 atom stereocenters. The predicted molar refractivity (Wildman–Crippen MR) is 107 cm³/mol. The minimum Gasteiger partial charge on any atom is -0.507 e. The van der Waals surface area contributed by atoms with Crippen molar-refractivity contribution in [2.24, 2.45) is 0 Å². The van der Waals surface area contributed by atoms with E-state index in [4.69, 9.17) is 0 Å². The third-order valence-electron chi connectivity index (χ3n) is 4.88. The number of aromatic hydroxyl groups is 2. The van der Waals surface area contributed by atoms with E-state index in [0.717, 1.165) is 33.4 Å². The monoisotopic (exact) mass is 336 g/mol. The molecule has 0 heterocycles. The quantitative estimate of drug-likeness (QED) is 0.707. The number of rotatable bonds is 4. The lowest BCUT2D eigenvalue weighted by Crippen LogP contribution is -2.20. The molecule has 2 N–H and O–H groups in total. The average Bonchev–Trinajstić information content (AvgIpc) is 2.54. The zero-order valence-corrected chi connectivity index (χ0v) is 16.0. The summed E-state index contributed by atoms with van der Waals surface area (Å²) in [5.41, 5.74) is 4.77. The van der Waals surface area contributed by atoms with Gasteiger partial charge in [-0.15, -0.1) is 0 Å². The third-order valence-corrected chi connectivity index (χ3v) is 4.88.